The number of ether oxygens (including phenoxy) is 1. The van der Waals surface area contributed by atoms with Gasteiger partial charge in [-0.3, -0.25) is 4.79 Å². The van der Waals surface area contributed by atoms with E-state index in [0.717, 1.165) is 12.3 Å². The van der Waals surface area contributed by atoms with E-state index in [2.05, 4.69) is 4.98 Å². The molecule has 2 N–H and O–H groups in total. The van der Waals surface area contributed by atoms with E-state index in [0.29, 0.717) is 35.8 Å². The number of amides is 1. The van der Waals surface area contributed by atoms with Gasteiger partial charge < -0.3 is 15.4 Å². The third-order valence-electron chi connectivity index (χ3n) is 4.06. The van der Waals surface area contributed by atoms with Gasteiger partial charge in [-0.25, -0.2) is 4.98 Å². The zero-order valence-corrected chi connectivity index (χ0v) is 14.2. The minimum Gasteiger partial charge on any atom is -0.472 e. The smallest absolute Gasteiger partial charge is 0.417 e. The van der Waals surface area contributed by atoms with Gasteiger partial charge in [-0.05, 0) is 24.3 Å². The van der Waals surface area contributed by atoms with Gasteiger partial charge in [0.2, 0.25) is 5.88 Å². The van der Waals surface area contributed by atoms with E-state index in [1.807, 2.05) is 4.90 Å². The fraction of sp³-hybridized carbons (Fsp3) is 0.294. The SMILES string of the molecule is NC(=O)c1cc(Cl)ccc1N1CC[C@H](Oc2ccc(C(F)(F)F)cn2)C1. The molecule has 1 saturated heterocycles. The number of hydrogen-bond donors (Lipinski definition) is 1. The van der Waals surface area contributed by atoms with Crippen molar-refractivity contribution in [2.75, 3.05) is 18.0 Å². The molecule has 1 aromatic heterocycles. The minimum atomic E-state index is -4.44. The maximum Gasteiger partial charge on any atom is 0.417 e. The second kappa shape index (κ2) is 7.03. The van der Waals surface area contributed by atoms with Crippen molar-refractivity contribution in [1.29, 1.82) is 0 Å². The number of pyridine rings is 1. The van der Waals surface area contributed by atoms with Crippen LogP contribution < -0.4 is 15.4 Å². The summed E-state index contributed by atoms with van der Waals surface area (Å²) in [6.07, 6.45) is -3.33. The van der Waals surface area contributed by atoms with Crippen molar-refractivity contribution in [3.8, 4) is 5.88 Å². The molecule has 0 aliphatic carbocycles. The molecule has 1 aliphatic rings. The van der Waals surface area contributed by atoms with E-state index in [-0.39, 0.29) is 12.0 Å². The number of nitrogens with zero attached hydrogens (tertiary/aromatic N) is 2. The molecule has 0 unspecified atom stereocenters. The van der Waals surface area contributed by atoms with Crippen molar-refractivity contribution in [1.82, 2.24) is 4.98 Å². The Morgan fingerprint density at radius 3 is 2.69 bits per heavy atom. The Morgan fingerprint density at radius 2 is 2.08 bits per heavy atom. The Bertz CT molecular complexity index is 812. The Balaban J connectivity index is 1.69. The number of carbonyl (C=O) groups is 1. The number of hydrogen-bond acceptors (Lipinski definition) is 4. The summed E-state index contributed by atoms with van der Waals surface area (Å²) in [5.41, 5.74) is 5.53. The zero-order valence-electron chi connectivity index (χ0n) is 13.5. The maximum atomic E-state index is 12.6. The number of benzene rings is 1. The van der Waals surface area contributed by atoms with Crippen LogP contribution in [0.4, 0.5) is 18.9 Å². The number of halogens is 4. The summed E-state index contributed by atoms with van der Waals surface area (Å²) in [6, 6.07) is 7.00. The van der Waals surface area contributed by atoms with Gasteiger partial charge in [-0.2, -0.15) is 13.2 Å². The molecule has 1 aromatic carbocycles. The largest absolute Gasteiger partial charge is 0.472 e. The summed E-state index contributed by atoms with van der Waals surface area (Å²) in [5.74, 6) is -0.465. The second-order valence-electron chi connectivity index (χ2n) is 5.88. The number of alkyl halides is 3. The van der Waals surface area contributed by atoms with Gasteiger partial charge in [0.15, 0.2) is 0 Å². The third-order valence-corrected chi connectivity index (χ3v) is 4.30. The Labute approximate surface area is 152 Å². The first-order valence-corrected chi connectivity index (χ1v) is 8.16. The van der Waals surface area contributed by atoms with E-state index in [1.54, 1.807) is 12.1 Å². The normalized spacial score (nSPS) is 17.4. The van der Waals surface area contributed by atoms with Gasteiger partial charge in [-0.15, -0.1) is 0 Å². The number of carbonyl (C=O) groups excluding carboxylic acids is 1. The maximum absolute atomic E-state index is 12.6. The molecule has 2 heterocycles. The Morgan fingerprint density at radius 1 is 1.31 bits per heavy atom. The molecule has 1 aliphatic heterocycles. The number of anilines is 1. The van der Waals surface area contributed by atoms with Crippen LogP contribution in [0.5, 0.6) is 5.88 Å². The average molecular weight is 386 g/mol. The standard InChI is InChI=1S/C17H15ClF3N3O2/c18-11-2-3-14(13(7-11)16(22)25)24-6-5-12(9-24)26-15-4-1-10(8-23-15)17(19,20)21/h1-4,7-8,12H,5-6,9H2,(H2,22,25)/t12-/m0/s1. The molecule has 0 radical (unpaired) electrons. The summed E-state index contributed by atoms with van der Waals surface area (Å²) < 4.78 is 43.3. The third kappa shape index (κ3) is 4.01. The molecule has 2 aromatic rings. The first-order chi connectivity index (χ1) is 12.2. The van der Waals surface area contributed by atoms with Crippen LogP contribution in [0, 0.1) is 0 Å². The van der Waals surface area contributed by atoms with Gasteiger partial charge >= 0.3 is 6.18 Å². The summed E-state index contributed by atoms with van der Waals surface area (Å²) in [4.78, 5) is 17.3. The van der Waals surface area contributed by atoms with Crippen LogP contribution in [-0.4, -0.2) is 30.1 Å². The fourth-order valence-electron chi connectivity index (χ4n) is 2.81. The molecule has 1 atom stereocenters. The summed E-state index contributed by atoms with van der Waals surface area (Å²) >= 11 is 5.91. The first kappa shape index (κ1) is 18.3. The van der Waals surface area contributed by atoms with Crippen LogP contribution in [0.15, 0.2) is 36.5 Å². The molecule has 5 nitrogen and oxygen atoms in total. The summed E-state index contributed by atoms with van der Waals surface area (Å²) in [6.45, 7) is 1.05. The van der Waals surface area contributed by atoms with E-state index in [4.69, 9.17) is 22.1 Å². The van der Waals surface area contributed by atoms with Crippen LogP contribution in [-0.2, 0) is 6.18 Å². The highest BCUT2D eigenvalue weighted by atomic mass is 35.5. The van der Waals surface area contributed by atoms with Crippen molar-refractivity contribution >= 4 is 23.2 Å². The first-order valence-electron chi connectivity index (χ1n) is 7.78. The molecule has 0 spiro atoms. The van der Waals surface area contributed by atoms with Crippen LogP contribution >= 0.6 is 11.6 Å². The van der Waals surface area contributed by atoms with Gasteiger partial charge in [-0.1, -0.05) is 11.6 Å². The predicted molar refractivity (Wildman–Crippen MR) is 90.5 cm³/mol. The number of primary amides is 1. The summed E-state index contributed by atoms with van der Waals surface area (Å²) in [5, 5.41) is 0.406. The van der Waals surface area contributed by atoms with Gasteiger partial charge in [0.05, 0.1) is 17.7 Å². The average Bonchev–Trinajstić information content (AvgIpc) is 3.02. The predicted octanol–water partition coefficient (Wildman–Crippen LogP) is 3.51. The van der Waals surface area contributed by atoms with Crippen LogP contribution in [0.3, 0.4) is 0 Å². The monoisotopic (exact) mass is 385 g/mol. The van der Waals surface area contributed by atoms with Crippen LogP contribution in [0.25, 0.3) is 0 Å². The number of nitrogens with two attached hydrogens (primary N) is 1. The van der Waals surface area contributed by atoms with Crippen molar-refractivity contribution in [2.45, 2.75) is 18.7 Å². The fourth-order valence-corrected chi connectivity index (χ4v) is 2.99. The highest BCUT2D eigenvalue weighted by molar-refractivity contribution is 6.31. The van der Waals surface area contributed by atoms with E-state index in [9.17, 15) is 18.0 Å². The lowest BCUT2D eigenvalue weighted by Crippen LogP contribution is -2.27. The van der Waals surface area contributed by atoms with Gasteiger partial charge in [0, 0.05) is 35.9 Å². The topological polar surface area (TPSA) is 68.5 Å². The molecule has 1 fully saturated rings. The van der Waals surface area contributed by atoms with Gasteiger partial charge in [0.1, 0.15) is 6.10 Å². The highest BCUT2D eigenvalue weighted by Crippen LogP contribution is 2.31. The molecular formula is C17H15ClF3N3O2. The Hall–Kier alpha value is -2.48. The molecule has 1 amide bonds. The van der Waals surface area contributed by atoms with E-state index < -0.39 is 17.6 Å². The highest BCUT2D eigenvalue weighted by Gasteiger charge is 2.31. The van der Waals surface area contributed by atoms with Crippen LogP contribution in [0.2, 0.25) is 5.02 Å². The molecule has 0 bridgehead atoms. The van der Waals surface area contributed by atoms with Crippen molar-refractivity contribution in [2.24, 2.45) is 5.73 Å². The second-order valence-corrected chi connectivity index (χ2v) is 6.32. The van der Waals surface area contributed by atoms with Gasteiger partial charge in [0.25, 0.3) is 5.91 Å². The molecule has 3 rings (SSSR count). The quantitative estimate of drug-likeness (QED) is 0.874. The molecule has 138 valence electrons. The summed E-state index contributed by atoms with van der Waals surface area (Å²) in [7, 11) is 0. The lowest BCUT2D eigenvalue weighted by molar-refractivity contribution is -0.137. The molecular weight excluding hydrogens is 371 g/mol. The number of aromatic nitrogens is 1. The lowest BCUT2D eigenvalue weighted by atomic mass is 10.1. The minimum absolute atomic E-state index is 0.121. The van der Waals surface area contributed by atoms with E-state index >= 15 is 0 Å². The molecule has 26 heavy (non-hydrogen) atoms. The molecule has 0 saturated carbocycles. The van der Waals surface area contributed by atoms with E-state index in [1.165, 1.54) is 12.1 Å². The van der Waals surface area contributed by atoms with Crippen molar-refractivity contribution in [3.05, 3.63) is 52.7 Å². The van der Waals surface area contributed by atoms with Crippen molar-refractivity contribution in [3.63, 3.8) is 0 Å². The number of rotatable bonds is 4. The Kier molecular flexibility index (Phi) is 4.95. The zero-order chi connectivity index (χ0) is 18.9. The van der Waals surface area contributed by atoms with Crippen molar-refractivity contribution < 1.29 is 22.7 Å². The van der Waals surface area contributed by atoms with Crippen LogP contribution in [0.1, 0.15) is 22.3 Å². The molecule has 9 heteroatoms. The lowest BCUT2D eigenvalue weighted by Gasteiger charge is -2.21.